The zero-order chi connectivity index (χ0) is 12.3. The van der Waals surface area contributed by atoms with Crippen molar-refractivity contribution in [2.75, 3.05) is 0 Å². The standard InChI is InChI=1S/C11H12FN3OS/c1-2-3-9-11(17-15-14-9)10(16)7-4-5-13-6-8(7)12/h4-6,10,16H,2-3H2,1H3. The van der Waals surface area contributed by atoms with Crippen molar-refractivity contribution in [1.29, 1.82) is 0 Å². The molecule has 0 fully saturated rings. The van der Waals surface area contributed by atoms with Crippen molar-refractivity contribution in [2.45, 2.75) is 25.9 Å². The van der Waals surface area contributed by atoms with E-state index in [9.17, 15) is 9.50 Å². The highest BCUT2D eigenvalue weighted by Gasteiger charge is 2.21. The van der Waals surface area contributed by atoms with Crippen LogP contribution in [0.2, 0.25) is 0 Å². The van der Waals surface area contributed by atoms with Crippen LogP contribution in [0.5, 0.6) is 0 Å². The Morgan fingerprint density at radius 1 is 1.53 bits per heavy atom. The number of halogens is 1. The summed E-state index contributed by atoms with van der Waals surface area (Å²) in [6.45, 7) is 2.02. The van der Waals surface area contributed by atoms with Crippen LogP contribution in [0, 0.1) is 5.82 Å². The predicted molar refractivity (Wildman–Crippen MR) is 62.2 cm³/mol. The van der Waals surface area contributed by atoms with Crippen molar-refractivity contribution in [3.63, 3.8) is 0 Å². The van der Waals surface area contributed by atoms with E-state index in [-0.39, 0.29) is 5.56 Å². The Morgan fingerprint density at radius 2 is 2.35 bits per heavy atom. The molecule has 6 heteroatoms. The maximum Gasteiger partial charge on any atom is 0.147 e. The predicted octanol–water partition coefficient (Wildman–Crippen LogP) is 2.11. The maximum atomic E-state index is 13.5. The molecule has 0 bridgehead atoms. The minimum absolute atomic E-state index is 0.211. The van der Waals surface area contributed by atoms with Crippen LogP contribution in [0.25, 0.3) is 0 Å². The molecule has 1 unspecified atom stereocenters. The molecule has 2 aromatic rings. The van der Waals surface area contributed by atoms with Crippen molar-refractivity contribution >= 4 is 11.5 Å². The highest BCUT2D eigenvalue weighted by atomic mass is 32.1. The van der Waals surface area contributed by atoms with E-state index in [4.69, 9.17) is 0 Å². The van der Waals surface area contributed by atoms with Crippen LogP contribution in [0.3, 0.4) is 0 Å². The molecule has 1 N–H and O–H groups in total. The van der Waals surface area contributed by atoms with Gasteiger partial charge >= 0.3 is 0 Å². The molecule has 0 spiro atoms. The number of aliphatic hydroxyl groups excluding tert-OH is 1. The monoisotopic (exact) mass is 253 g/mol. The van der Waals surface area contributed by atoms with Crippen LogP contribution < -0.4 is 0 Å². The lowest BCUT2D eigenvalue weighted by molar-refractivity contribution is 0.217. The number of aliphatic hydroxyl groups is 1. The summed E-state index contributed by atoms with van der Waals surface area (Å²) in [6, 6.07) is 1.47. The molecule has 0 aliphatic carbocycles. The van der Waals surface area contributed by atoms with E-state index in [0.717, 1.165) is 36.3 Å². The molecule has 90 valence electrons. The summed E-state index contributed by atoms with van der Waals surface area (Å²) < 4.78 is 17.3. The van der Waals surface area contributed by atoms with Crippen LogP contribution in [0.15, 0.2) is 18.5 Å². The molecule has 0 aromatic carbocycles. The van der Waals surface area contributed by atoms with Gasteiger partial charge in [-0.05, 0) is 24.0 Å². The molecule has 2 rings (SSSR count). The van der Waals surface area contributed by atoms with Crippen molar-refractivity contribution in [2.24, 2.45) is 0 Å². The van der Waals surface area contributed by atoms with Gasteiger partial charge in [0.05, 0.1) is 16.8 Å². The first kappa shape index (κ1) is 12.1. The molecule has 2 aromatic heterocycles. The first-order valence-electron chi connectivity index (χ1n) is 5.32. The van der Waals surface area contributed by atoms with E-state index < -0.39 is 11.9 Å². The average molecular weight is 253 g/mol. The lowest BCUT2D eigenvalue weighted by Gasteiger charge is -2.10. The molecule has 0 radical (unpaired) electrons. The second kappa shape index (κ2) is 5.29. The molecule has 4 nitrogen and oxygen atoms in total. The minimum Gasteiger partial charge on any atom is -0.383 e. The second-order valence-corrected chi connectivity index (χ2v) is 4.42. The zero-order valence-electron chi connectivity index (χ0n) is 9.30. The van der Waals surface area contributed by atoms with Gasteiger partial charge in [-0.1, -0.05) is 17.8 Å². The largest absolute Gasteiger partial charge is 0.383 e. The molecule has 0 saturated carbocycles. The van der Waals surface area contributed by atoms with E-state index in [1.807, 2.05) is 6.92 Å². The summed E-state index contributed by atoms with van der Waals surface area (Å²) in [4.78, 5) is 4.26. The van der Waals surface area contributed by atoms with Gasteiger partial charge in [-0.25, -0.2) is 4.39 Å². The van der Waals surface area contributed by atoms with Gasteiger partial charge in [-0.2, -0.15) is 0 Å². The van der Waals surface area contributed by atoms with Gasteiger partial charge in [0, 0.05) is 11.8 Å². The third kappa shape index (κ3) is 2.48. The first-order chi connectivity index (χ1) is 8.24. The molecule has 17 heavy (non-hydrogen) atoms. The van der Waals surface area contributed by atoms with Crippen molar-refractivity contribution in [1.82, 2.24) is 14.6 Å². The average Bonchev–Trinajstić information content (AvgIpc) is 2.78. The number of rotatable bonds is 4. The molecular formula is C11H12FN3OS. The molecular weight excluding hydrogens is 241 g/mol. The molecule has 0 amide bonds. The van der Waals surface area contributed by atoms with E-state index >= 15 is 0 Å². The van der Waals surface area contributed by atoms with Gasteiger partial charge < -0.3 is 5.11 Å². The number of aromatic nitrogens is 3. The van der Waals surface area contributed by atoms with Gasteiger partial charge in [0.25, 0.3) is 0 Å². The fraction of sp³-hybridized carbons (Fsp3) is 0.364. The van der Waals surface area contributed by atoms with Gasteiger partial charge in [-0.3, -0.25) is 4.98 Å². The normalized spacial score (nSPS) is 12.6. The molecule has 2 heterocycles. The van der Waals surface area contributed by atoms with Crippen LogP contribution in [-0.2, 0) is 6.42 Å². The third-order valence-electron chi connectivity index (χ3n) is 2.42. The smallest absolute Gasteiger partial charge is 0.147 e. The van der Waals surface area contributed by atoms with Gasteiger partial charge in [0.2, 0.25) is 0 Å². The summed E-state index contributed by atoms with van der Waals surface area (Å²) in [6.07, 6.45) is 3.17. The van der Waals surface area contributed by atoms with Gasteiger partial charge in [0.15, 0.2) is 0 Å². The Hall–Kier alpha value is -1.40. The summed E-state index contributed by atoms with van der Waals surface area (Å²) >= 11 is 1.10. The Kier molecular flexibility index (Phi) is 3.75. The Bertz CT molecular complexity index is 503. The zero-order valence-corrected chi connectivity index (χ0v) is 10.1. The quantitative estimate of drug-likeness (QED) is 0.906. The third-order valence-corrected chi connectivity index (χ3v) is 3.24. The maximum absolute atomic E-state index is 13.5. The Balaban J connectivity index is 2.34. The summed E-state index contributed by atoms with van der Waals surface area (Å²) in [5.74, 6) is -0.518. The number of hydrogen-bond donors (Lipinski definition) is 1. The number of aryl methyl sites for hydroxylation is 1. The SMILES string of the molecule is CCCc1nnsc1C(O)c1ccncc1F. The lowest BCUT2D eigenvalue weighted by atomic mass is 10.1. The summed E-state index contributed by atoms with van der Waals surface area (Å²) in [7, 11) is 0. The second-order valence-electron chi connectivity index (χ2n) is 3.63. The number of pyridine rings is 1. The number of nitrogens with zero attached hydrogens (tertiary/aromatic N) is 3. The molecule has 0 saturated heterocycles. The Labute approximate surface area is 102 Å². The van der Waals surface area contributed by atoms with E-state index in [1.54, 1.807) is 0 Å². The van der Waals surface area contributed by atoms with Crippen LogP contribution in [0.1, 0.15) is 35.6 Å². The van der Waals surface area contributed by atoms with Crippen LogP contribution in [-0.4, -0.2) is 19.7 Å². The molecule has 1 atom stereocenters. The fourth-order valence-corrected chi connectivity index (χ4v) is 2.28. The first-order valence-corrected chi connectivity index (χ1v) is 6.10. The van der Waals surface area contributed by atoms with E-state index in [1.165, 1.54) is 12.3 Å². The Morgan fingerprint density at radius 3 is 3.06 bits per heavy atom. The summed E-state index contributed by atoms with van der Waals surface area (Å²) in [5, 5.41) is 14.1. The van der Waals surface area contributed by atoms with E-state index in [2.05, 4.69) is 14.6 Å². The topological polar surface area (TPSA) is 58.9 Å². The molecule has 0 aliphatic heterocycles. The highest BCUT2D eigenvalue weighted by Crippen LogP contribution is 2.28. The highest BCUT2D eigenvalue weighted by molar-refractivity contribution is 7.05. The van der Waals surface area contributed by atoms with Gasteiger partial charge in [0.1, 0.15) is 11.9 Å². The van der Waals surface area contributed by atoms with Crippen molar-refractivity contribution < 1.29 is 9.50 Å². The fourth-order valence-electron chi connectivity index (χ4n) is 1.58. The van der Waals surface area contributed by atoms with E-state index in [0.29, 0.717) is 4.88 Å². The number of hydrogen-bond acceptors (Lipinski definition) is 5. The van der Waals surface area contributed by atoms with Crippen LogP contribution in [0.4, 0.5) is 4.39 Å². The minimum atomic E-state index is -1.01. The lowest BCUT2D eigenvalue weighted by Crippen LogP contribution is -2.04. The van der Waals surface area contributed by atoms with Crippen LogP contribution >= 0.6 is 11.5 Å². The summed E-state index contributed by atoms with van der Waals surface area (Å²) in [5.41, 5.74) is 0.949. The van der Waals surface area contributed by atoms with Gasteiger partial charge in [-0.15, -0.1) is 5.10 Å². The van der Waals surface area contributed by atoms with Crippen molar-refractivity contribution in [3.8, 4) is 0 Å². The van der Waals surface area contributed by atoms with Crippen molar-refractivity contribution in [3.05, 3.63) is 40.4 Å². The molecule has 0 aliphatic rings.